The molecule has 1 aliphatic heterocycles. The number of ether oxygens (including phenoxy) is 1. The Morgan fingerprint density at radius 2 is 2.08 bits per heavy atom. The van der Waals surface area contributed by atoms with E-state index < -0.39 is 0 Å². The first-order valence-electron chi connectivity index (χ1n) is 3.63. The number of methoxy groups -OCH3 is 1. The van der Waals surface area contributed by atoms with Crippen molar-refractivity contribution < 1.29 is 4.74 Å². The molecule has 0 aromatic carbocycles. The van der Waals surface area contributed by atoms with E-state index in [0.29, 0.717) is 5.88 Å². The molecule has 5 heteroatoms. The Bertz CT molecular complexity index is 281. The number of fused-ring (bicyclic) bond motifs is 1. The molecule has 2 rings (SSSR count). The quantitative estimate of drug-likeness (QED) is 0.784. The Kier molecular flexibility index (Phi) is 5.06. The summed E-state index contributed by atoms with van der Waals surface area (Å²) in [5.41, 5.74) is 2.40. The number of aromatic nitrogens is 1. The summed E-state index contributed by atoms with van der Waals surface area (Å²) in [6.45, 7) is 1.80. The van der Waals surface area contributed by atoms with Crippen molar-refractivity contribution in [3.8, 4) is 5.88 Å². The van der Waals surface area contributed by atoms with Crippen molar-refractivity contribution in [1.82, 2.24) is 10.3 Å². The van der Waals surface area contributed by atoms with E-state index in [0.717, 1.165) is 18.8 Å². The number of hydrogen-bond acceptors (Lipinski definition) is 3. The molecule has 1 aromatic heterocycles. The summed E-state index contributed by atoms with van der Waals surface area (Å²) in [5, 5.41) is 3.22. The molecule has 13 heavy (non-hydrogen) atoms. The van der Waals surface area contributed by atoms with E-state index in [2.05, 4.69) is 16.4 Å². The Balaban J connectivity index is 0.000000720. The lowest BCUT2D eigenvalue weighted by atomic mass is 10.2. The molecule has 0 spiro atoms. The van der Waals surface area contributed by atoms with Crippen LogP contribution in [0.4, 0.5) is 0 Å². The summed E-state index contributed by atoms with van der Waals surface area (Å²) < 4.78 is 5.00. The summed E-state index contributed by atoms with van der Waals surface area (Å²) >= 11 is 0. The van der Waals surface area contributed by atoms with E-state index in [1.807, 2.05) is 6.07 Å². The first-order valence-corrected chi connectivity index (χ1v) is 3.63. The van der Waals surface area contributed by atoms with Crippen LogP contribution >= 0.6 is 24.8 Å². The van der Waals surface area contributed by atoms with E-state index in [1.54, 1.807) is 7.11 Å². The van der Waals surface area contributed by atoms with Crippen molar-refractivity contribution >= 4 is 24.8 Å². The highest BCUT2D eigenvalue weighted by Gasteiger charge is 2.11. The van der Waals surface area contributed by atoms with Gasteiger partial charge in [-0.05, 0) is 5.56 Å². The van der Waals surface area contributed by atoms with Crippen LogP contribution in [0.3, 0.4) is 0 Å². The molecule has 2 heterocycles. The molecule has 0 aliphatic carbocycles. The standard InChI is InChI=1S/C8H10N2O.2ClH/c1-11-8-3-2-6-4-9-5-7(6)10-8;;/h2-3,9H,4-5H2,1H3;2*1H. The minimum absolute atomic E-state index is 0. The number of halogens is 2. The highest BCUT2D eigenvalue weighted by molar-refractivity contribution is 5.85. The number of pyridine rings is 1. The molecule has 74 valence electrons. The molecule has 1 N–H and O–H groups in total. The average molecular weight is 223 g/mol. The van der Waals surface area contributed by atoms with E-state index in [4.69, 9.17) is 4.74 Å². The van der Waals surface area contributed by atoms with Gasteiger partial charge in [-0.1, -0.05) is 6.07 Å². The van der Waals surface area contributed by atoms with Crippen LogP contribution in [-0.4, -0.2) is 12.1 Å². The third-order valence-electron chi connectivity index (χ3n) is 1.86. The Morgan fingerprint density at radius 3 is 2.77 bits per heavy atom. The largest absolute Gasteiger partial charge is 0.481 e. The Hall–Kier alpha value is -0.510. The van der Waals surface area contributed by atoms with E-state index in [1.165, 1.54) is 5.56 Å². The van der Waals surface area contributed by atoms with Gasteiger partial charge in [0.1, 0.15) is 0 Å². The lowest BCUT2D eigenvalue weighted by molar-refractivity contribution is 0.396. The van der Waals surface area contributed by atoms with Crippen LogP contribution in [0.15, 0.2) is 12.1 Å². The van der Waals surface area contributed by atoms with E-state index in [9.17, 15) is 0 Å². The Morgan fingerprint density at radius 1 is 1.31 bits per heavy atom. The van der Waals surface area contributed by atoms with Crippen molar-refractivity contribution in [2.24, 2.45) is 0 Å². The van der Waals surface area contributed by atoms with Crippen LogP contribution in [-0.2, 0) is 13.1 Å². The minimum atomic E-state index is 0. The highest BCUT2D eigenvalue weighted by atomic mass is 35.5. The zero-order valence-corrected chi connectivity index (χ0v) is 8.87. The summed E-state index contributed by atoms with van der Waals surface area (Å²) in [7, 11) is 1.64. The van der Waals surface area contributed by atoms with Gasteiger partial charge in [-0.2, -0.15) is 0 Å². The van der Waals surface area contributed by atoms with Crippen molar-refractivity contribution in [3.63, 3.8) is 0 Å². The van der Waals surface area contributed by atoms with Crippen LogP contribution in [0, 0.1) is 0 Å². The molecule has 0 bridgehead atoms. The smallest absolute Gasteiger partial charge is 0.213 e. The van der Waals surface area contributed by atoms with Crippen molar-refractivity contribution in [3.05, 3.63) is 23.4 Å². The van der Waals surface area contributed by atoms with Gasteiger partial charge < -0.3 is 10.1 Å². The zero-order valence-electron chi connectivity index (χ0n) is 7.24. The fourth-order valence-corrected chi connectivity index (χ4v) is 1.25. The maximum atomic E-state index is 5.00. The van der Waals surface area contributed by atoms with Gasteiger partial charge in [0, 0.05) is 19.2 Å². The second kappa shape index (κ2) is 5.27. The minimum Gasteiger partial charge on any atom is -0.481 e. The van der Waals surface area contributed by atoms with Gasteiger partial charge >= 0.3 is 0 Å². The van der Waals surface area contributed by atoms with E-state index in [-0.39, 0.29) is 24.8 Å². The molecule has 1 aromatic rings. The first kappa shape index (κ1) is 12.5. The van der Waals surface area contributed by atoms with Crippen LogP contribution < -0.4 is 10.1 Å². The molecule has 0 saturated carbocycles. The molecule has 0 fully saturated rings. The normalized spacial score (nSPS) is 12.4. The molecule has 0 amide bonds. The summed E-state index contributed by atoms with van der Waals surface area (Å²) in [6.07, 6.45) is 0. The second-order valence-electron chi connectivity index (χ2n) is 2.56. The lowest BCUT2D eigenvalue weighted by Gasteiger charge is -2.00. The zero-order chi connectivity index (χ0) is 7.68. The first-order chi connectivity index (χ1) is 5.40. The molecular weight excluding hydrogens is 211 g/mol. The van der Waals surface area contributed by atoms with Crippen LogP contribution in [0.5, 0.6) is 5.88 Å². The molecule has 3 nitrogen and oxygen atoms in total. The maximum absolute atomic E-state index is 5.00. The third-order valence-corrected chi connectivity index (χ3v) is 1.86. The predicted molar refractivity (Wildman–Crippen MR) is 55.8 cm³/mol. The van der Waals surface area contributed by atoms with Gasteiger partial charge in [0.2, 0.25) is 5.88 Å². The van der Waals surface area contributed by atoms with Crippen molar-refractivity contribution in [2.75, 3.05) is 7.11 Å². The van der Waals surface area contributed by atoms with Gasteiger partial charge in [0.25, 0.3) is 0 Å². The number of rotatable bonds is 1. The molecule has 0 atom stereocenters. The summed E-state index contributed by atoms with van der Waals surface area (Å²) in [4.78, 5) is 4.29. The molecule has 1 aliphatic rings. The maximum Gasteiger partial charge on any atom is 0.213 e. The van der Waals surface area contributed by atoms with Crippen LogP contribution in [0.2, 0.25) is 0 Å². The summed E-state index contributed by atoms with van der Waals surface area (Å²) in [5.74, 6) is 0.701. The van der Waals surface area contributed by atoms with Gasteiger partial charge in [0.15, 0.2) is 0 Å². The topological polar surface area (TPSA) is 34.1 Å². The lowest BCUT2D eigenvalue weighted by Crippen LogP contribution is -2.00. The predicted octanol–water partition coefficient (Wildman–Crippen LogP) is 1.54. The van der Waals surface area contributed by atoms with Gasteiger partial charge in [-0.3, -0.25) is 0 Å². The number of nitrogens with zero attached hydrogens (tertiary/aromatic N) is 1. The Labute approximate surface area is 89.7 Å². The third kappa shape index (κ3) is 2.46. The monoisotopic (exact) mass is 222 g/mol. The fraction of sp³-hybridized carbons (Fsp3) is 0.375. The van der Waals surface area contributed by atoms with Crippen molar-refractivity contribution in [1.29, 1.82) is 0 Å². The van der Waals surface area contributed by atoms with Gasteiger partial charge in [-0.15, -0.1) is 24.8 Å². The van der Waals surface area contributed by atoms with Crippen molar-refractivity contribution in [2.45, 2.75) is 13.1 Å². The fourth-order valence-electron chi connectivity index (χ4n) is 1.25. The van der Waals surface area contributed by atoms with Crippen LogP contribution in [0.1, 0.15) is 11.3 Å². The van der Waals surface area contributed by atoms with Gasteiger partial charge in [0.05, 0.1) is 12.8 Å². The van der Waals surface area contributed by atoms with Gasteiger partial charge in [-0.25, -0.2) is 4.98 Å². The number of nitrogens with one attached hydrogen (secondary N) is 1. The molecule has 0 radical (unpaired) electrons. The SMILES string of the molecule is COc1ccc2c(n1)CNC2.Cl.Cl. The second-order valence-corrected chi connectivity index (χ2v) is 2.56. The average Bonchev–Trinajstić information content (AvgIpc) is 2.50. The number of hydrogen-bond donors (Lipinski definition) is 1. The highest BCUT2D eigenvalue weighted by Crippen LogP contribution is 2.16. The summed E-state index contributed by atoms with van der Waals surface area (Å²) in [6, 6.07) is 3.95. The molecular formula is C8H12Cl2N2O. The molecule has 0 unspecified atom stereocenters. The van der Waals surface area contributed by atoms with Crippen LogP contribution in [0.25, 0.3) is 0 Å². The molecule has 0 saturated heterocycles. The van der Waals surface area contributed by atoms with E-state index >= 15 is 0 Å².